The number of rotatable bonds is 5. The molecule has 7 heteroatoms. The summed E-state index contributed by atoms with van der Waals surface area (Å²) in [5, 5.41) is 2.21. The highest BCUT2D eigenvalue weighted by Crippen LogP contribution is 2.28. The van der Waals surface area contributed by atoms with Crippen molar-refractivity contribution in [3.63, 3.8) is 0 Å². The van der Waals surface area contributed by atoms with Crippen LogP contribution in [0.4, 0.5) is 4.79 Å². The molecule has 0 aliphatic carbocycles. The summed E-state index contributed by atoms with van der Waals surface area (Å²) in [5.74, 6) is -0.249. The quantitative estimate of drug-likeness (QED) is 0.778. The third-order valence-corrected chi connectivity index (χ3v) is 4.58. The molecule has 1 fully saturated rings. The molecule has 126 valence electrons. The summed E-state index contributed by atoms with van der Waals surface area (Å²) in [6.07, 6.45) is -0.323. The first-order valence-corrected chi connectivity index (χ1v) is 8.63. The number of thiazole rings is 1. The van der Waals surface area contributed by atoms with Crippen LogP contribution in [0, 0.1) is 0 Å². The van der Waals surface area contributed by atoms with Gasteiger partial charge in [0.15, 0.2) is 0 Å². The van der Waals surface area contributed by atoms with Gasteiger partial charge in [0, 0.05) is 24.4 Å². The summed E-state index contributed by atoms with van der Waals surface area (Å²) < 4.78 is 10.2. The molecule has 3 rings (SSSR count). The number of aromatic nitrogens is 1. The molecule has 1 saturated heterocycles. The van der Waals surface area contributed by atoms with Crippen LogP contribution in [0.2, 0.25) is 0 Å². The van der Waals surface area contributed by atoms with E-state index < -0.39 is 5.97 Å². The Balaban J connectivity index is 1.46. The van der Waals surface area contributed by atoms with Gasteiger partial charge in [-0.1, -0.05) is 30.3 Å². The Morgan fingerprint density at radius 2 is 2.00 bits per heavy atom. The molecule has 1 aliphatic rings. The molecule has 6 nitrogen and oxygen atoms in total. The van der Waals surface area contributed by atoms with Crippen LogP contribution >= 0.6 is 11.3 Å². The number of ether oxygens (including phenoxy) is 2. The van der Waals surface area contributed by atoms with Crippen molar-refractivity contribution >= 4 is 23.4 Å². The van der Waals surface area contributed by atoms with Crippen molar-refractivity contribution in [2.75, 3.05) is 19.7 Å². The van der Waals surface area contributed by atoms with Gasteiger partial charge in [-0.15, -0.1) is 11.3 Å². The predicted molar refractivity (Wildman–Crippen MR) is 89.0 cm³/mol. The molecule has 24 heavy (non-hydrogen) atoms. The summed E-state index contributed by atoms with van der Waals surface area (Å²) in [4.78, 5) is 29.5. The van der Waals surface area contributed by atoms with E-state index in [0.29, 0.717) is 24.7 Å². The van der Waals surface area contributed by atoms with Gasteiger partial charge in [-0.05, 0) is 12.5 Å². The smallest absolute Gasteiger partial charge is 0.410 e. The number of hydrogen-bond donors (Lipinski definition) is 0. The zero-order valence-corrected chi connectivity index (χ0v) is 14.1. The molecule has 0 radical (unpaired) electrons. The van der Waals surface area contributed by atoms with Crippen LogP contribution in [0.1, 0.15) is 33.9 Å². The lowest BCUT2D eigenvalue weighted by Gasteiger charge is -2.37. The maximum atomic E-state index is 12.0. The normalized spacial score (nSPS) is 14.1. The summed E-state index contributed by atoms with van der Waals surface area (Å²) in [6.45, 7) is 3.47. The molecule has 1 amide bonds. The molecule has 0 N–H and O–H groups in total. The first kappa shape index (κ1) is 16.4. The number of amides is 1. The summed E-state index contributed by atoms with van der Waals surface area (Å²) in [5.41, 5.74) is 1.79. The van der Waals surface area contributed by atoms with Crippen LogP contribution in [0.15, 0.2) is 35.7 Å². The lowest BCUT2D eigenvalue weighted by molar-refractivity contribution is 0.0522. The number of hydrogen-bond acceptors (Lipinski definition) is 6. The van der Waals surface area contributed by atoms with Crippen LogP contribution in [-0.4, -0.2) is 41.6 Å². The van der Waals surface area contributed by atoms with Crippen molar-refractivity contribution < 1.29 is 19.1 Å². The standard InChI is InChI=1S/C17H18N2O4S/c1-2-22-16(20)15-18-14(11-24-15)13-8-19(9-13)17(21)23-10-12-6-4-3-5-7-12/h3-7,11,13H,2,8-10H2,1H3. The molecular formula is C17H18N2O4S. The monoisotopic (exact) mass is 346 g/mol. The Labute approximate surface area is 144 Å². The number of benzene rings is 1. The van der Waals surface area contributed by atoms with Gasteiger partial charge in [0.05, 0.1) is 12.3 Å². The topological polar surface area (TPSA) is 68.7 Å². The average molecular weight is 346 g/mol. The van der Waals surface area contributed by atoms with Crippen molar-refractivity contribution in [1.82, 2.24) is 9.88 Å². The fraction of sp³-hybridized carbons (Fsp3) is 0.353. The zero-order valence-electron chi connectivity index (χ0n) is 13.3. The van der Waals surface area contributed by atoms with E-state index in [1.807, 2.05) is 35.7 Å². The summed E-state index contributed by atoms with van der Waals surface area (Å²) in [7, 11) is 0. The van der Waals surface area contributed by atoms with E-state index in [9.17, 15) is 9.59 Å². The second kappa shape index (κ2) is 7.44. The molecule has 1 aromatic carbocycles. The van der Waals surface area contributed by atoms with Gasteiger partial charge in [-0.25, -0.2) is 14.6 Å². The lowest BCUT2D eigenvalue weighted by atomic mass is 9.98. The molecule has 0 unspecified atom stereocenters. The Morgan fingerprint density at radius 1 is 1.25 bits per heavy atom. The van der Waals surface area contributed by atoms with Crippen molar-refractivity contribution in [1.29, 1.82) is 0 Å². The number of likely N-dealkylation sites (tertiary alicyclic amines) is 1. The highest BCUT2D eigenvalue weighted by Gasteiger charge is 2.34. The number of nitrogens with zero attached hydrogens (tertiary/aromatic N) is 2. The average Bonchev–Trinajstić information content (AvgIpc) is 3.02. The van der Waals surface area contributed by atoms with Gasteiger partial charge < -0.3 is 14.4 Å². The minimum absolute atomic E-state index is 0.147. The Morgan fingerprint density at radius 3 is 2.71 bits per heavy atom. The fourth-order valence-electron chi connectivity index (χ4n) is 2.39. The highest BCUT2D eigenvalue weighted by molar-refractivity contribution is 7.11. The molecule has 1 aliphatic heterocycles. The third-order valence-electron chi connectivity index (χ3n) is 3.74. The van der Waals surface area contributed by atoms with Gasteiger partial charge in [0.25, 0.3) is 0 Å². The highest BCUT2D eigenvalue weighted by atomic mass is 32.1. The van der Waals surface area contributed by atoms with E-state index in [1.54, 1.807) is 11.8 Å². The van der Waals surface area contributed by atoms with E-state index in [2.05, 4.69) is 4.98 Å². The van der Waals surface area contributed by atoms with Crippen molar-refractivity contribution in [3.05, 3.63) is 52.0 Å². The minimum Gasteiger partial charge on any atom is -0.461 e. The molecule has 1 aromatic heterocycles. The maximum Gasteiger partial charge on any atom is 0.410 e. The Bertz CT molecular complexity index is 710. The number of carbonyl (C=O) groups is 2. The first-order valence-electron chi connectivity index (χ1n) is 7.75. The van der Waals surface area contributed by atoms with Crippen molar-refractivity contribution in [2.24, 2.45) is 0 Å². The summed E-state index contributed by atoms with van der Waals surface area (Å²) in [6, 6.07) is 9.57. The molecule has 0 atom stereocenters. The molecule has 0 spiro atoms. The van der Waals surface area contributed by atoms with E-state index >= 15 is 0 Å². The van der Waals surface area contributed by atoms with Crippen molar-refractivity contribution in [3.8, 4) is 0 Å². The molecule has 2 aromatic rings. The van der Waals surface area contributed by atoms with Gasteiger partial charge in [-0.2, -0.15) is 0 Å². The van der Waals surface area contributed by atoms with Gasteiger partial charge in [0.1, 0.15) is 6.61 Å². The largest absolute Gasteiger partial charge is 0.461 e. The van der Waals surface area contributed by atoms with E-state index in [0.717, 1.165) is 11.3 Å². The second-order valence-electron chi connectivity index (χ2n) is 5.44. The molecule has 0 saturated carbocycles. The number of carbonyl (C=O) groups excluding carboxylic acids is 2. The van der Waals surface area contributed by atoms with E-state index in [4.69, 9.17) is 9.47 Å². The third kappa shape index (κ3) is 3.73. The SMILES string of the molecule is CCOC(=O)c1nc(C2CN(C(=O)OCc3ccccc3)C2)cs1. The van der Waals surface area contributed by atoms with E-state index in [-0.39, 0.29) is 18.6 Å². The maximum absolute atomic E-state index is 12.0. The predicted octanol–water partition coefficient (Wildman–Crippen LogP) is 3.06. The van der Waals surface area contributed by atoms with Gasteiger partial charge in [0.2, 0.25) is 5.01 Å². The Kier molecular flexibility index (Phi) is 5.10. The zero-order chi connectivity index (χ0) is 16.9. The van der Waals surface area contributed by atoms with Crippen LogP contribution in [0.5, 0.6) is 0 Å². The molecule has 2 heterocycles. The first-order chi connectivity index (χ1) is 11.7. The van der Waals surface area contributed by atoms with E-state index in [1.165, 1.54) is 11.3 Å². The van der Waals surface area contributed by atoms with Gasteiger partial charge >= 0.3 is 12.1 Å². The minimum atomic E-state index is -0.396. The second-order valence-corrected chi connectivity index (χ2v) is 6.30. The fourth-order valence-corrected chi connectivity index (χ4v) is 3.18. The van der Waals surface area contributed by atoms with Crippen LogP contribution < -0.4 is 0 Å². The lowest BCUT2D eigenvalue weighted by Crippen LogP contribution is -2.48. The van der Waals surface area contributed by atoms with Crippen LogP contribution in [0.25, 0.3) is 0 Å². The van der Waals surface area contributed by atoms with Crippen LogP contribution in [-0.2, 0) is 16.1 Å². The molecular weight excluding hydrogens is 328 g/mol. The number of esters is 1. The Hall–Kier alpha value is -2.41. The summed E-state index contributed by atoms with van der Waals surface area (Å²) >= 11 is 1.27. The van der Waals surface area contributed by atoms with Crippen molar-refractivity contribution in [2.45, 2.75) is 19.4 Å². The van der Waals surface area contributed by atoms with Crippen LogP contribution in [0.3, 0.4) is 0 Å². The van der Waals surface area contributed by atoms with Gasteiger partial charge in [-0.3, -0.25) is 0 Å². The molecule has 0 bridgehead atoms.